The van der Waals surface area contributed by atoms with Gasteiger partial charge in [-0.05, 0) is 37.5 Å². The molecule has 2 rings (SSSR count). The molecule has 1 N–H and O–H groups in total. The molecule has 1 aromatic rings. The van der Waals surface area contributed by atoms with Gasteiger partial charge in [0.15, 0.2) is 0 Å². The summed E-state index contributed by atoms with van der Waals surface area (Å²) in [6.07, 6.45) is 6.55. The smallest absolute Gasteiger partial charge is 0.256 e. The van der Waals surface area contributed by atoms with Crippen LogP contribution in [0, 0.1) is 11.3 Å². The topological polar surface area (TPSA) is 71.3 Å². The predicted octanol–water partition coefficient (Wildman–Crippen LogP) is 4.02. The fourth-order valence-electron chi connectivity index (χ4n) is 3.03. The zero-order valence-electron chi connectivity index (χ0n) is 14.6. The molecule has 0 heterocycles. The molecular formula is C19H26N2O3. The van der Waals surface area contributed by atoms with Crippen LogP contribution in [0.15, 0.2) is 18.2 Å². The zero-order valence-corrected chi connectivity index (χ0v) is 14.6. The van der Waals surface area contributed by atoms with Crippen LogP contribution in [-0.4, -0.2) is 25.2 Å². The molecule has 0 spiro atoms. The zero-order chi connectivity index (χ0) is 17.4. The minimum atomic E-state index is -0.777. The first-order valence-corrected chi connectivity index (χ1v) is 8.69. The largest absolute Gasteiger partial charge is 0.494 e. The third-order valence-corrected chi connectivity index (χ3v) is 4.59. The molecule has 5 heteroatoms. The van der Waals surface area contributed by atoms with Gasteiger partial charge in [0.2, 0.25) is 0 Å². The normalized spacial score (nSPS) is 16.2. The standard InChI is InChI=1S/C19H26N2O3/c1-3-4-12-24-16-8-9-17(15(13-16)14-20)21-18(22)19(23-2)10-6-5-7-11-19/h8-9,13H,3-7,10-12H2,1-2H3,(H,21,22). The Bertz CT molecular complexity index is 601. The highest BCUT2D eigenvalue weighted by Crippen LogP contribution is 2.33. The summed E-state index contributed by atoms with van der Waals surface area (Å²) >= 11 is 0. The first-order valence-electron chi connectivity index (χ1n) is 8.69. The van der Waals surface area contributed by atoms with Crippen molar-refractivity contribution >= 4 is 11.6 Å². The molecule has 24 heavy (non-hydrogen) atoms. The molecule has 0 atom stereocenters. The van der Waals surface area contributed by atoms with Gasteiger partial charge in [0.05, 0.1) is 17.9 Å². The Kier molecular flexibility index (Phi) is 6.62. The first-order chi connectivity index (χ1) is 11.6. The van der Waals surface area contributed by atoms with Gasteiger partial charge in [-0.3, -0.25) is 4.79 Å². The van der Waals surface area contributed by atoms with E-state index in [1.807, 2.05) is 0 Å². The molecule has 5 nitrogen and oxygen atoms in total. The minimum absolute atomic E-state index is 0.166. The van der Waals surface area contributed by atoms with Crippen molar-refractivity contribution in [3.05, 3.63) is 23.8 Å². The molecule has 1 saturated carbocycles. The molecule has 1 fully saturated rings. The Labute approximate surface area is 144 Å². The molecule has 0 bridgehead atoms. The number of carbonyl (C=O) groups is 1. The van der Waals surface area contributed by atoms with Gasteiger partial charge in [0.25, 0.3) is 5.91 Å². The molecule has 1 aliphatic carbocycles. The van der Waals surface area contributed by atoms with E-state index in [4.69, 9.17) is 9.47 Å². The number of hydrogen-bond acceptors (Lipinski definition) is 4. The number of anilines is 1. The van der Waals surface area contributed by atoms with Crippen LogP contribution in [-0.2, 0) is 9.53 Å². The van der Waals surface area contributed by atoms with Gasteiger partial charge >= 0.3 is 0 Å². The molecule has 1 aromatic carbocycles. The third-order valence-electron chi connectivity index (χ3n) is 4.59. The van der Waals surface area contributed by atoms with Crippen LogP contribution in [0.3, 0.4) is 0 Å². The van der Waals surface area contributed by atoms with E-state index in [-0.39, 0.29) is 5.91 Å². The van der Waals surface area contributed by atoms with E-state index in [0.717, 1.165) is 44.9 Å². The van der Waals surface area contributed by atoms with Gasteiger partial charge in [0.1, 0.15) is 17.4 Å². The molecule has 1 amide bonds. The second-order valence-electron chi connectivity index (χ2n) is 6.23. The van der Waals surface area contributed by atoms with Crippen LogP contribution in [0.1, 0.15) is 57.4 Å². The summed E-state index contributed by atoms with van der Waals surface area (Å²) in [5, 5.41) is 12.2. The van der Waals surface area contributed by atoms with E-state index in [1.165, 1.54) is 0 Å². The fourth-order valence-corrected chi connectivity index (χ4v) is 3.03. The number of nitrogens with one attached hydrogen (secondary N) is 1. The van der Waals surface area contributed by atoms with Crippen LogP contribution in [0.25, 0.3) is 0 Å². The van der Waals surface area contributed by atoms with E-state index in [9.17, 15) is 10.1 Å². The Morgan fingerprint density at radius 3 is 2.71 bits per heavy atom. The van der Waals surface area contributed by atoms with Gasteiger partial charge in [-0.15, -0.1) is 0 Å². The van der Waals surface area contributed by atoms with E-state index in [1.54, 1.807) is 25.3 Å². The maximum atomic E-state index is 12.7. The average molecular weight is 330 g/mol. The number of unbranched alkanes of at least 4 members (excludes halogenated alkanes) is 1. The van der Waals surface area contributed by atoms with Gasteiger partial charge in [-0.2, -0.15) is 5.26 Å². The Morgan fingerprint density at radius 2 is 2.08 bits per heavy atom. The number of nitriles is 1. The van der Waals surface area contributed by atoms with Crippen molar-refractivity contribution in [1.29, 1.82) is 5.26 Å². The minimum Gasteiger partial charge on any atom is -0.494 e. The molecule has 0 aromatic heterocycles. The molecule has 1 aliphatic rings. The number of ether oxygens (including phenoxy) is 2. The quantitative estimate of drug-likeness (QED) is 0.766. The highest BCUT2D eigenvalue weighted by Gasteiger charge is 2.39. The monoisotopic (exact) mass is 330 g/mol. The van der Waals surface area contributed by atoms with Crippen LogP contribution >= 0.6 is 0 Å². The molecule has 0 radical (unpaired) electrons. The third kappa shape index (κ3) is 4.27. The van der Waals surface area contributed by atoms with Gasteiger partial charge < -0.3 is 14.8 Å². The second kappa shape index (κ2) is 8.70. The summed E-state index contributed by atoms with van der Waals surface area (Å²) in [6.45, 7) is 2.72. The molecule has 0 saturated heterocycles. The van der Waals surface area contributed by atoms with Crippen LogP contribution < -0.4 is 10.1 Å². The van der Waals surface area contributed by atoms with Crippen molar-refractivity contribution in [2.24, 2.45) is 0 Å². The van der Waals surface area contributed by atoms with Crippen LogP contribution in [0.4, 0.5) is 5.69 Å². The van der Waals surface area contributed by atoms with E-state index >= 15 is 0 Å². The lowest BCUT2D eigenvalue weighted by Crippen LogP contribution is -2.46. The highest BCUT2D eigenvalue weighted by atomic mass is 16.5. The maximum absolute atomic E-state index is 12.7. The van der Waals surface area contributed by atoms with E-state index in [0.29, 0.717) is 23.6 Å². The Morgan fingerprint density at radius 1 is 1.33 bits per heavy atom. The maximum Gasteiger partial charge on any atom is 0.256 e. The summed E-state index contributed by atoms with van der Waals surface area (Å²) in [5.74, 6) is 0.484. The summed E-state index contributed by atoms with van der Waals surface area (Å²) in [6, 6.07) is 7.31. The lowest BCUT2D eigenvalue weighted by Gasteiger charge is -2.34. The van der Waals surface area contributed by atoms with Crippen LogP contribution in [0.2, 0.25) is 0 Å². The highest BCUT2D eigenvalue weighted by molar-refractivity contribution is 5.98. The number of methoxy groups -OCH3 is 1. The Hall–Kier alpha value is -2.06. The number of benzene rings is 1. The predicted molar refractivity (Wildman–Crippen MR) is 93.0 cm³/mol. The van der Waals surface area contributed by atoms with E-state index < -0.39 is 5.60 Å². The number of hydrogen-bond donors (Lipinski definition) is 1. The Balaban J connectivity index is 2.11. The van der Waals surface area contributed by atoms with Crippen molar-refractivity contribution in [2.75, 3.05) is 19.0 Å². The molecular weight excluding hydrogens is 304 g/mol. The first kappa shape index (κ1) is 18.3. The SMILES string of the molecule is CCCCOc1ccc(NC(=O)C2(OC)CCCCC2)c(C#N)c1. The average Bonchev–Trinajstić information content (AvgIpc) is 2.63. The molecule has 0 aliphatic heterocycles. The van der Waals surface area contributed by atoms with Gasteiger partial charge in [0, 0.05) is 7.11 Å². The summed E-state index contributed by atoms with van der Waals surface area (Å²) in [5.41, 5.74) is 0.133. The van der Waals surface area contributed by atoms with Gasteiger partial charge in [-0.1, -0.05) is 32.6 Å². The van der Waals surface area contributed by atoms with Crippen molar-refractivity contribution in [3.63, 3.8) is 0 Å². The molecule has 0 unspecified atom stereocenters. The lowest BCUT2D eigenvalue weighted by atomic mass is 9.84. The van der Waals surface area contributed by atoms with Crippen molar-refractivity contribution in [3.8, 4) is 11.8 Å². The molecule has 130 valence electrons. The van der Waals surface area contributed by atoms with Crippen LogP contribution in [0.5, 0.6) is 5.75 Å². The van der Waals surface area contributed by atoms with Gasteiger partial charge in [-0.25, -0.2) is 0 Å². The number of carbonyl (C=O) groups excluding carboxylic acids is 1. The van der Waals surface area contributed by atoms with E-state index in [2.05, 4.69) is 18.3 Å². The summed E-state index contributed by atoms with van der Waals surface area (Å²) < 4.78 is 11.2. The fraction of sp³-hybridized carbons (Fsp3) is 0.579. The summed E-state index contributed by atoms with van der Waals surface area (Å²) in [7, 11) is 1.58. The lowest BCUT2D eigenvalue weighted by molar-refractivity contribution is -0.141. The number of rotatable bonds is 7. The van der Waals surface area contributed by atoms with Crippen molar-refractivity contribution in [1.82, 2.24) is 0 Å². The van der Waals surface area contributed by atoms with Crippen molar-refractivity contribution in [2.45, 2.75) is 57.5 Å². The number of nitrogens with zero attached hydrogens (tertiary/aromatic N) is 1. The number of amides is 1. The second-order valence-corrected chi connectivity index (χ2v) is 6.23. The van der Waals surface area contributed by atoms with Crippen molar-refractivity contribution < 1.29 is 14.3 Å². The summed E-state index contributed by atoms with van der Waals surface area (Å²) in [4.78, 5) is 12.7.